The largest absolute Gasteiger partial charge is 0.385 e. The minimum atomic E-state index is -0.557. The molecule has 96 valence electrons. The van der Waals surface area contributed by atoms with Gasteiger partial charge in [-0.15, -0.1) is 0 Å². The smallest absolute Gasteiger partial charge is 0.0262 e. The Morgan fingerprint density at radius 1 is 1.31 bits per heavy atom. The van der Waals surface area contributed by atoms with E-state index in [-0.39, 0.29) is 0 Å². The number of allylic oxidation sites excluding steroid dienone is 1. The SMILES string of the molecule is CCC1CC(C(C)(C)C)/C(=C\S(C)(C)C)N1. The van der Waals surface area contributed by atoms with E-state index in [0.717, 1.165) is 0 Å². The molecule has 1 rings (SSSR count). The number of hydrogen-bond acceptors (Lipinski definition) is 1. The van der Waals surface area contributed by atoms with Crippen molar-refractivity contribution in [1.29, 1.82) is 0 Å². The molecule has 16 heavy (non-hydrogen) atoms. The van der Waals surface area contributed by atoms with Gasteiger partial charge in [0.25, 0.3) is 0 Å². The van der Waals surface area contributed by atoms with Crippen molar-refractivity contribution in [3.05, 3.63) is 11.1 Å². The molecule has 0 saturated carbocycles. The van der Waals surface area contributed by atoms with Gasteiger partial charge in [-0.25, -0.2) is 10.0 Å². The van der Waals surface area contributed by atoms with Gasteiger partial charge in [0.15, 0.2) is 0 Å². The van der Waals surface area contributed by atoms with Crippen molar-refractivity contribution in [2.24, 2.45) is 11.3 Å². The van der Waals surface area contributed by atoms with E-state index in [0.29, 0.717) is 17.4 Å². The first kappa shape index (κ1) is 14.0. The molecule has 1 heterocycles. The van der Waals surface area contributed by atoms with E-state index in [1.807, 2.05) is 0 Å². The van der Waals surface area contributed by atoms with E-state index in [2.05, 4.69) is 57.2 Å². The summed E-state index contributed by atoms with van der Waals surface area (Å²) in [5.41, 5.74) is 1.90. The van der Waals surface area contributed by atoms with Gasteiger partial charge < -0.3 is 5.32 Å². The first-order valence-corrected chi connectivity index (χ1v) is 9.22. The van der Waals surface area contributed by atoms with E-state index in [1.165, 1.54) is 18.5 Å². The lowest BCUT2D eigenvalue weighted by atomic mass is 9.78. The Hall–Kier alpha value is -0.110. The van der Waals surface area contributed by atoms with Gasteiger partial charge >= 0.3 is 0 Å². The van der Waals surface area contributed by atoms with Crippen LogP contribution in [0.1, 0.15) is 40.5 Å². The van der Waals surface area contributed by atoms with Crippen molar-refractivity contribution in [2.75, 3.05) is 18.8 Å². The van der Waals surface area contributed by atoms with E-state index >= 15 is 0 Å². The minimum Gasteiger partial charge on any atom is -0.385 e. The topological polar surface area (TPSA) is 12.0 Å². The van der Waals surface area contributed by atoms with Crippen molar-refractivity contribution < 1.29 is 0 Å². The molecule has 0 radical (unpaired) electrons. The molecular weight excluding hydrogens is 214 g/mol. The molecule has 1 aliphatic heterocycles. The van der Waals surface area contributed by atoms with Crippen molar-refractivity contribution in [3.63, 3.8) is 0 Å². The molecule has 2 unspecified atom stereocenters. The Kier molecular flexibility index (Phi) is 4.04. The second kappa shape index (κ2) is 4.64. The Bertz CT molecular complexity index is 267. The van der Waals surface area contributed by atoms with E-state index in [1.54, 1.807) is 0 Å². The van der Waals surface area contributed by atoms with Gasteiger partial charge in [0.1, 0.15) is 0 Å². The summed E-state index contributed by atoms with van der Waals surface area (Å²) in [6, 6.07) is 0.692. The van der Waals surface area contributed by atoms with Gasteiger partial charge in [-0.05, 0) is 42.4 Å². The van der Waals surface area contributed by atoms with Gasteiger partial charge in [-0.2, -0.15) is 0 Å². The van der Waals surface area contributed by atoms with Gasteiger partial charge in [0, 0.05) is 17.7 Å². The van der Waals surface area contributed by atoms with Crippen LogP contribution in [-0.2, 0) is 0 Å². The van der Waals surface area contributed by atoms with Gasteiger partial charge in [-0.3, -0.25) is 0 Å². The highest BCUT2D eigenvalue weighted by Crippen LogP contribution is 2.45. The second-order valence-corrected chi connectivity index (χ2v) is 11.0. The molecule has 1 nitrogen and oxygen atoms in total. The van der Waals surface area contributed by atoms with Crippen LogP contribution in [0.25, 0.3) is 0 Å². The van der Waals surface area contributed by atoms with Crippen LogP contribution < -0.4 is 5.32 Å². The van der Waals surface area contributed by atoms with Gasteiger partial charge in [-0.1, -0.05) is 27.7 Å². The molecule has 0 bridgehead atoms. The molecule has 0 aromatic carbocycles. The number of nitrogens with one attached hydrogen (secondary N) is 1. The van der Waals surface area contributed by atoms with E-state index in [9.17, 15) is 0 Å². The van der Waals surface area contributed by atoms with E-state index < -0.39 is 10.0 Å². The lowest BCUT2D eigenvalue weighted by Crippen LogP contribution is -2.22. The highest BCUT2D eigenvalue weighted by Gasteiger charge is 2.36. The monoisotopic (exact) mass is 243 g/mol. The summed E-state index contributed by atoms with van der Waals surface area (Å²) < 4.78 is 0. The zero-order valence-electron chi connectivity index (χ0n) is 12.1. The lowest BCUT2D eigenvalue weighted by molar-refractivity contribution is 0.279. The maximum absolute atomic E-state index is 3.74. The standard InChI is InChI=1S/C14H29NS/c1-8-11-9-12(14(2,3)4)13(15-11)10-16(5,6)7/h10-12,15H,8-9H2,1-7H3/b13-10+. The van der Waals surface area contributed by atoms with Crippen LogP contribution in [0, 0.1) is 11.3 Å². The fourth-order valence-corrected chi connectivity index (χ4v) is 3.39. The molecule has 0 aromatic rings. The Morgan fingerprint density at radius 3 is 2.25 bits per heavy atom. The predicted octanol–water partition coefficient (Wildman–Crippen LogP) is 3.96. The Morgan fingerprint density at radius 2 is 1.88 bits per heavy atom. The lowest BCUT2D eigenvalue weighted by Gasteiger charge is -2.30. The van der Waals surface area contributed by atoms with Crippen molar-refractivity contribution in [2.45, 2.75) is 46.6 Å². The van der Waals surface area contributed by atoms with Crippen molar-refractivity contribution in [1.82, 2.24) is 5.32 Å². The molecule has 2 heteroatoms. The molecule has 0 amide bonds. The van der Waals surface area contributed by atoms with E-state index in [4.69, 9.17) is 0 Å². The minimum absolute atomic E-state index is 0.382. The van der Waals surface area contributed by atoms with Crippen LogP contribution in [-0.4, -0.2) is 24.8 Å². The first-order chi connectivity index (χ1) is 7.13. The Labute approximate surface area is 103 Å². The van der Waals surface area contributed by atoms with Crippen LogP contribution >= 0.6 is 10.0 Å². The number of rotatable bonds is 2. The van der Waals surface area contributed by atoms with Crippen LogP contribution in [0.3, 0.4) is 0 Å². The third-order valence-corrected chi connectivity index (χ3v) is 4.25. The molecule has 1 aliphatic rings. The van der Waals surface area contributed by atoms with Crippen LogP contribution in [0.15, 0.2) is 11.1 Å². The fourth-order valence-electron chi connectivity index (χ4n) is 2.39. The molecule has 1 fully saturated rings. The third-order valence-electron chi connectivity index (χ3n) is 3.29. The molecule has 0 aliphatic carbocycles. The van der Waals surface area contributed by atoms with Gasteiger partial charge in [0.05, 0.1) is 0 Å². The predicted molar refractivity (Wildman–Crippen MR) is 78.2 cm³/mol. The average molecular weight is 243 g/mol. The molecule has 1 saturated heterocycles. The zero-order valence-corrected chi connectivity index (χ0v) is 12.9. The van der Waals surface area contributed by atoms with Crippen molar-refractivity contribution >= 4 is 10.0 Å². The second-order valence-electron chi connectivity index (χ2n) is 6.91. The van der Waals surface area contributed by atoms with Crippen LogP contribution in [0.5, 0.6) is 0 Å². The quantitative estimate of drug-likeness (QED) is 0.774. The highest BCUT2D eigenvalue weighted by molar-refractivity contribution is 8.34. The summed E-state index contributed by atoms with van der Waals surface area (Å²) in [7, 11) is -0.557. The number of hydrogen-bond donors (Lipinski definition) is 1. The molecular formula is C14H29NS. The summed E-state index contributed by atoms with van der Waals surface area (Å²) >= 11 is 0. The maximum Gasteiger partial charge on any atom is 0.0262 e. The first-order valence-electron chi connectivity index (χ1n) is 6.30. The van der Waals surface area contributed by atoms with Gasteiger partial charge in [0.2, 0.25) is 0 Å². The normalized spacial score (nSPS) is 30.6. The summed E-state index contributed by atoms with van der Waals surface area (Å²) in [6.45, 7) is 9.37. The maximum atomic E-state index is 3.74. The highest BCUT2D eigenvalue weighted by atomic mass is 32.3. The molecule has 2 atom stereocenters. The average Bonchev–Trinajstić information content (AvgIpc) is 2.43. The Balaban J connectivity index is 2.93. The molecule has 1 N–H and O–H groups in total. The van der Waals surface area contributed by atoms with Crippen LogP contribution in [0.2, 0.25) is 0 Å². The van der Waals surface area contributed by atoms with Crippen molar-refractivity contribution in [3.8, 4) is 0 Å². The zero-order chi connectivity index (χ0) is 12.6. The summed E-state index contributed by atoms with van der Waals surface area (Å²) in [4.78, 5) is 0. The summed E-state index contributed by atoms with van der Waals surface area (Å²) in [5, 5.41) is 6.25. The molecule has 0 spiro atoms. The van der Waals surface area contributed by atoms with Crippen LogP contribution in [0.4, 0.5) is 0 Å². The summed E-state index contributed by atoms with van der Waals surface area (Å²) in [6.07, 6.45) is 9.63. The molecule has 0 aromatic heterocycles. The fraction of sp³-hybridized carbons (Fsp3) is 0.857. The summed E-state index contributed by atoms with van der Waals surface area (Å²) in [5.74, 6) is 0.712. The third kappa shape index (κ3) is 3.73.